The molecule has 5 heteroatoms. The quantitative estimate of drug-likeness (QED) is 0.699. The first kappa shape index (κ1) is 19.7. The molecule has 5 nitrogen and oxygen atoms in total. The summed E-state index contributed by atoms with van der Waals surface area (Å²) in [6, 6.07) is 17.6. The van der Waals surface area contributed by atoms with Crippen molar-refractivity contribution in [2.75, 3.05) is 20.2 Å². The Morgan fingerprint density at radius 1 is 0.931 bits per heavy atom. The summed E-state index contributed by atoms with van der Waals surface area (Å²) >= 11 is 0. The number of benzene rings is 1. The lowest BCUT2D eigenvalue weighted by Crippen LogP contribution is -2.49. The van der Waals surface area contributed by atoms with E-state index < -0.39 is 5.60 Å². The number of pyridine rings is 2. The standard InChI is InChI=1S/C24H27N3O2/c1-29-22-11-15-27(16-12-22)23(19-7-3-2-4-8-19)24(28,20-9-5-13-25-17-20)21-10-6-14-26-18-21/h2-10,13-14,17-18,22-23,28H,11-12,15-16H2,1H3. The summed E-state index contributed by atoms with van der Waals surface area (Å²) in [4.78, 5) is 11.0. The largest absolute Gasteiger partial charge is 0.381 e. The third kappa shape index (κ3) is 3.94. The minimum Gasteiger partial charge on any atom is -0.381 e. The smallest absolute Gasteiger partial charge is 0.137 e. The van der Waals surface area contributed by atoms with Gasteiger partial charge in [-0.05, 0) is 30.5 Å². The van der Waals surface area contributed by atoms with Crippen LogP contribution in [-0.2, 0) is 10.3 Å². The number of aromatic nitrogens is 2. The van der Waals surface area contributed by atoms with Crippen LogP contribution in [0.5, 0.6) is 0 Å². The van der Waals surface area contributed by atoms with Crippen LogP contribution in [0.4, 0.5) is 0 Å². The molecule has 3 heterocycles. The first-order valence-electron chi connectivity index (χ1n) is 10.1. The molecule has 0 spiro atoms. The zero-order chi connectivity index (χ0) is 20.1. The Balaban J connectivity index is 1.85. The van der Waals surface area contributed by atoms with Crippen molar-refractivity contribution in [2.45, 2.75) is 30.6 Å². The maximum Gasteiger partial charge on any atom is 0.137 e. The number of ether oxygens (including phenoxy) is 1. The van der Waals surface area contributed by atoms with Crippen LogP contribution in [0.25, 0.3) is 0 Å². The molecule has 29 heavy (non-hydrogen) atoms. The molecule has 0 saturated carbocycles. The van der Waals surface area contributed by atoms with Gasteiger partial charge in [0.05, 0.1) is 12.1 Å². The van der Waals surface area contributed by atoms with Crippen molar-refractivity contribution in [3.05, 3.63) is 96.1 Å². The van der Waals surface area contributed by atoms with E-state index in [1.807, 2.05) is 42.5 Å². The molecule has 1 unspecified atom stereocenters. The van der Waals surface area contributed by atoms with Gasteiger partial charge < -0.3 is 9.84 Å². The molecule has 0 amide bonds. The first-order valence-corrected chi connectivity index (χ1v) is 10.1. The molecule has 3 aromatic rings. The molecule has 1 aliphatic rings. The highest BCUT2D eigenvalue weighted by Gasteiger charge is 2.45. The Hall–Kier alpha value is -2.60. The zero-order valence-electron chi connectivity index (χ0n) is 16.7. The van der Waals surface area contributed by atoms with Gasteiger partial charge in [0.2, 0.25) is 0 Å². The Labute approximate surface area is 172 Å². The summed E-state index contributed by atoms with van der Waals surface area (Å²) in [6.45, 7) is 1.70. The van der Waals surface area contributed by atoms with Crippen molar-refractivity contribution >= 4 is 0 Å². The van der Waals surface area contributed by atoms with Gasteiger partial charge in [-0.15, -0.1) is 0 Å². The van der Waals surface area contributed by atoms with Crippen molar-refractivity contribution < 1.29 is 9.84 Å². The summed E-state index contributed by atoms with van der Waals surface area (Å²) in [5.74, 6) is 0. The van der Waals surface area contributed by atoms with Gasteiger partial charge in [-0.2, -0.15) is 0 Å². The van der Waals surface area contributed by atoms with Crippen molar-refractivity contribution in [2.24, 2.45) is 0 Å². The second-order valence-corrected chi connectivity index (χ2v) is 7.53. The Morgan fingerprint density at radius 2 is 1.52 bits per heavy atom. The molecule has 0 aliphatic carbocycles. The van der Waals surface area contributed by atoms with E-state index >= 15 is 0 Å². The molecular formula is C24H27N3O2. The third-order valence-electron chi connectivity index (χ3n) is 5.89. The van der Waals surface area contributed by atoms with Crippen molar-refractivity contribution in [3.63, 3.8) is 0 Å². The maximum absolute atomic E-state index is 12.4. The minimum absolute atomic E-state index is 0.269. The Bertz CT molecular complexity index is 842. The summed E-state index contributed by atoms with van der Waals surface area (Å²) in [5, 5.41) is 12.4. The molecule has 1 atom stereocenters. The summed E-state index contributed by atoms with van der Waals surface area (Å²) in [5.41, 5.74) is 1.30. The number of aliphatic hydroxyl groups is 1. The van der Waals surface area contributed by atoms with Crippen LogP contribution >= 0.6 is 0 Å². The van der Waals surface area contributed by atoms with Crippen LogP contribution in [0.1, 0.15) is 35.6 Å². The molecule has 0 bridgehead atoms. The number of methoxy groups -OCH3 is 1. The Kier molecular flexibility index (Phi) is 6.00. The summed E-state index contributed by atoms with van der Waals surface area (Å²) in [6.07, 6.45) is 9.12. The van der Waals surface area contributed by atoms with E-state index in [2.05, 4.69) is 27.0 Å². The second kappa shape index (κ2) is 8.82. The molecule has 0 radical (unpaired) electrons. The number of likely N-dealkylation sites (tertiary alicyclic amines) is 1. The van der Waals surface area contributed by atoms with E-state index in [4.69, 9.17) is 4.74 Å². The fourth-order valence-corrected chi connectivity index (χ4v) is 4.38. The van der Waals surface area contributed by atoms with Crippen LogP contribution in [-0.4, -0.2) is 46.3 Å². The second-order valence-electron chi connectivity index (χ2n) is 7.53. The predicted molar refractivity (Wildman–Crippen MR) is 112 cm³/mol. The number of piperidine rings is 1. The van der Waals surface area contributed by atoms with Crippen LogP contribution in [0.15, 0.2) is 79.4 Å². The van der Waals surface area contributed by atoms with Crippen molar-refractivity contribution in [1.82, 2.24) is 14.9 Å². The highest BCUT2D eigenvalue weighted by molar-refractivity contribution is 5.39. The van der Waals surface area contributed by atoms with Crippen LogP contribution in [0.2, 0.25) is 0 Å². The molecule has 150 valence electrons. The van der Waals surface area contributed by atoms with Gasteiger partial charge in [0.1, 0.15) is 5.60 Å². The number of hydrogen-bond acceptors (Lipinski definition) is 5. The minimum atomic E-state index is -1.29. The average Bonchev–Trinajstić information content (AvgIpc) is 2.81. The van der Waals surface area contributed by atoms with Crippen molar-refractivity contribution in [1.29, 1.82) is 0 Å². The highest BCUT2D eigenvalue weighted by atomic mass is 16.5. The van der Waals surface area contributed by atoms with Crippen LogP contribution in [0, 0.1) is 0 Å². The number of hydrogen-bond donors (Lipinski definition) is 1. The molecule has 1 N–H and O–H groups in total. The van der Waals surface area contributed by atoms with Gasteiger partial charge in [0.15, 0.2) is 0 Å². The molecule has 2 aromatic heterocycles. The molecule has 4 rings (SSSR count). The molecule has 1 fully saturated rings. The number of nitrogens with zero attached hydrogens (tertiary/aromatic N) is 3. The van der Waals surface area contributed by atoms with Crippen LogP contribution in [0.3, 0.4) is 0 Å². The molecule has 1 aromatic carbocycles. The summed E-state index contributed by atoms with van der Waals surface area (Å²) < 4.78 is 5.57. The fraction of sp³-hybridized carbons (Fsp3) is 0.333. The maximum atomic E-state index is 12.4. The topological polar surface area (TPSA) is 58.5 Å². The SMILES string of the molecule is COC1CCN(C(c2ccccc2)C(O)(c2cccnc2)c2cccnc2)CC1. The Morgan fingerprint density at radius 3 is 2.00 bits per heavy atom. The average molecular weight is 389 g/mol. The fourth-order valence-electron chi connectivity index (χ4n) is 4.38. The lowest BCUT2D eigenvalue weighted by atomic mass is 9.77. The van der Waals surface area contributed by atoms with E-state index in [9.17, 15) is 5.11 Å². The lowest BCUT2D eigenvalue weighted by molar-refractivity contribution is -0.0502. The van der Waals surface area contributed by atoms with E-state index in [0.29, 0.717) is 0 Å². The zero-order valence-corrected chi connectivity index (χ0v) is 16.7. The van der Waals surface area contributed by atoms with Gasteiger partial charge in [-0.1, -0.05) is 42.5 Å². The predicted octanol–water partition coefficient (Wildman–Crippen LogP) is 3.56. The van der Waals surface area contributed by atoms with Gasteiger partial charge in [0, 0.05) is 56.1 Å². The van der Waals surface area contributed by atoms with E-state index in [-0.39, 0.29) is 12.1 Å². The van der Waals surface area contributed by atoms with Gasteiger partial charge in [-0.3, -0.25) is 14.9 Å². The van der Waals surface area contributed by atoms with E-state index in [0.717, 1.165) is 42.6 Å². The molecule has 1 aliphatic heterocycles. The van der Waals surface area contributed by atoms with E-state index in [1.54, 1.807) is 31.9 Å². The normalized spacial score (nSPS) is 17.2. The first-order chi connectivity index (χ1) is 14.2. The monoisotopic (exact) mass is 389 g/mol. The van der Waals surface area contributed by atoms with Crippen molar-refractivity contribution in [3.8, 4) is 0 Å². The van der Waals surface area contributed by atoms with E-state index in [1.165, 1.54) is 0 Å². The van der Waals surface area contributed by atoms with Crippen LogP contribution < -0.4 is 0 Å². The molecule has 1 saturated heterocycles. The summed E-state index contributed by atoms with van der Waals surface area (Å²) in [7, 11) is 1.77. The number of rotatable bonds is 6. The van der Waals surface area contributed by atoms with Gasteiger partial charge in [0.25, 0.3) is 0 Å². The lowest BCUT2D eigenvalue weighted by Gasteiger charge is -2.46. The van der Waals surface area contributed by atoms with Gasteiger partial charge >= 0.3 is 0 Å². The highest BCUT2D eigenvalue weighted by Crippen LogP contribution is 2.45. The third-order valence-corrected chi connectivity index (χ3v) is 5.89. The van der Waals surface area contributed by atoms with Gasteiger partial charge in [-0.25, -0.2) is 0 Å². The molecular weight excluding hydrogens is 362 g/mol.